The monoisotopic (exact) mass is 307 g/mol. The van der Waals surface area contributed by atoms with Crippen LogP contribution in [0.15, 0.2) is 48.5 Å². The Hall–Kier alpha value is -2.00. The van der Waals surface area contributed by atoms with Crippen LogP contribution in [0.1, 0.15) is 11.1 Å². The van der Waals surface area contributed by atoms with E-state index in [4.69, 9.17) is 0 Å². The zero-order chi connectivity index (χ0) is 15.8. The Morgan fingerprint density at radius 3 is 2.48 bits per heavy atom. The molecule has 0 unspecified atom stereocenters. The lowest BCUT2D eigenvalue weighted by atomic mass is 10.0. The smallest absolute Gasteiger partial charge is 0.0544 e. The average Bonchev–Trinajstić information content (AvgIpc) is 2.94. The van der Waals surface area contributed by atoms with E-state index >= 15 is 0 Å². The van der Waals surface area contributed by atoms with Crippen molar-refractivity contribution in [1.82, 2.24) is 4.90 Å². The van der Waals surface area contributed by atoms with Crippen LogP contribution in [0.3, 0.4) is 0 Å². The van der Waals surface area contributed by atoms with Crippen LogP contribution in [0.25, 0.3) is 0 Å². The molecule has 1 saturated heterocycles. The molecule has 3 heteroatoms. The lowest BCUT2D eigenvalue weighted by Gasteiger charge is -2.45. The highest BCUT2D eigenvalue weighted by molar-refractivity contribution is 5.59. The van der Waals surface area contributed by atoms with Gasteiger partial charge in [0.05, 0.1) is 6.04 Å². The third-order valence-electron chi connectivity index (χ3n) is 5.16. The predicted octanol–water partition coefficient (Wildman–Crippen LogP) is 3.00. The Morgan fingerprint density at radius 2 is 1.74 bits per heavy atom. The molecule has 3 nitrogen and oxygen atoms in total. The number of likely N-dealkylation sites (tertiary alicyclic amines) is 1. The number of para-hydroxylation sites is 1. The average molecular weight is 307 g/mol. The third-order valence-corrected chi connectivity index (χ3v) is 5.16. The van der Waals surface area contributed by atoms with E-state index in [1.807, 2.05) is 0 Å². The molecule has 2 aliphatic rings. The molecule has 0 aromatic heterocycles. The van der Waals surface area contributed by atoms with E-state index < -0.39 is 0 Å². The van der Waals surface area contributed by atoms with E-state index in [1.165, 1.54) is 48.6 Å². The van der Waals surface area contributed by atoms with Gasteiger partial charge in [-0.3, -0.25) is 4.90 Å². The molecule has 0 N–H and O–H groups in total. The maximum absolute atomic E-state index is 2.61. The summed E-state index contributed by atoms with van der Waals surface area (Å²) in [5.74, 6) is 0. The highest BCUT2D eigenvalue weighted by Crippen LogP contribution is 2.32. The maximum Gasteiger partial charge on any atom is 0.0544 e. The van der Waals surface area contributed by atoms with Crippen molar-refractivity contribution in [2.45, 2.75) is 19.0 Å². The van der Waals surface area contributed by atoms with E-state index in [0.717, 1.165) is 6.54 Å². The lowest BCUT2D eigenvalue weighted by molar-refractivity contribution is 0.137. The summed E-state index contributed by atoms with van der Waals surface area (Å²) in [7, 11) is 4.17. The molecule has 1 fully saturated rings. The topological polar surface area (TPSA) is 9.72 Å². The Labute approximate surface area is 139 Å². The van der Waals surface area contributed by atoms with Gasteiger partial charge in [-0.25, -0.2) is 0 Å². The summed E-state index contributed by atoms with van der Waals surface area (Å²) >= 11 is 0. The Balaban J connectivity index is 1.34. The van der Waals surface area contributed by atoms with Gasteiger partial charge in [0.2, 0.25) is 0 Å². The van der Waals surface area contributed by atoms with Crippen molar-refractivity contribution in [3.05, 3.63) is 59.7 Å². The normalized spacial score (nSPS) is 17.9. The maximum atomic E-state index is 2.61. The molecular formula is C20H25N3. The highest BCUT2D eigenvalue weighted by atomic mass is 15.3. The summed E-state index contributed by atoms with van der Waals surface area (Å²) in [4.78, 5) is 7.31. The zero-order valence-electron chi connectivity index (χ0n) is 14.1. The van der Waals surface area contributed by atoms with Gasteiger partial charge in [-0.2, -0.15) is 0 Å². The van der Waals surface area contributed by atoms with Crippen molar-refractivity contribution >= 4 is 11.4 Å². The lowest BCUT2D eigenvalue weighted by Crippen LogP contribution is -2.58. The minimum absolute atomic E-state index is 0.694. The van der Waals surface area contributed by atoms with E-state index in [9.17, 15) is 0 Å². The van der Waals surface area contributed by atoms with Crippen molar-refractivity contribution < 1.29 is 0 Å². The molecule has 23 heavy (non-hydrogen) atoms. The summed E-state index contributed by atoms with van der Waals surface area (Å²) in [6, 6.07) is 18.5. The largest absolute Gasteiger partial charge is 0.378 e. The number of nitrogens with zero attached hydrogens (tertiary/aromatic N) is 3. The number of rotatable bonds is 4. The second kappa shape index (κ2) is 5.89. The second-order valence-corrected chi connectivity index (χ2v) is 6.98. The number of hydrogen-bond donors (Lipinski definition) is 0. The van der Waals surface area contributed by atoms with Crippen LogP contribution >= 0.6 is 0 Å². The first-order chi connectivity index (χ1) is 11.2. The van der Waals surface area contributed by atoms with Crippen LogP contribution < -0.4 is 9.80 Å². The summed E-state index contributed by atoms with van der Waals surface area (Å²) in [5, 5.41) is 0. The molecule has 0 radical (unpaired) electrons. The minimum atomic E-state index is 0.694. The van der Waals surface area contributed by atoms with E-state index in [-0.39, 0.29) is 0 Å². The molecule has 2 aromatic carbocycles. The second-order valence-electron chi connectivity index (χ2n) is 6.98. The van der Waals surface area contributed by atoms with Crippen molar-refractivity contribution in [2.75, 3.05) is 43.5 Å². The van der Waals surface area contributed by atoms with Crippen LogP contribution in [0, 0.1) is 0 Å². The van der Waals surface area contributed by atoms with Crippen molar-refractivity contribution in [3.63, 3.8) is 0 Å². The van der Waals surface area contributed by atoms with Gasteiger partial charge in [0, 0.05) is 51.6 Å². The molecule has 0 atom stereocenters. The van der Waals surface area contributed by atoms with Gasteiger partial charge >= 0.3 is 0 Å². The van der Waals surface area contributed by atoms with Gasteiger partial charge in [-0.1, -0.05) is 30.3 Å². The van der Waals surface area contributed by atoms with Crippen LogP contribution in [0.5, 0.6) is 0 Å². The highest BCUT2D eigenvalue weighted by Gasteiger charge is 2.34. The number of benzene rings is 2. The summed E-state index contributed by atoms with van der Waals surface area (Å²) in [6.07, 6.45) is 1.21. The van der Waals surface area contributed by atoms with Gasteiger partial charge in [0.1, 0.15) is 0 Å². The SMILES string of the molecule is CN(C)c1ccc(CN2CC(N3CCc4ccccc43)C2)cc1. The molecule has 0 amide bonds. The third kappa shape index (κ3) is 2.81. The fourth-order valence-electron chi connectivity index (χ4n) is 3.77. The van der Waals surface area contributed by atoms with Crippen LogP contribution in [-0.4, -0.2) is 44.7 Å². The number of anilines is 2. The van der Waals surface area contributed by atoms with Gasteiger partial charge in [0.25, 0.3) is 0 Å². The molecule has 2 aliphatic heterocycles. The quantitative estimate of drug-likeness (QED) is 0.860. The van der Waals surface area contributed by atoms with E-state index in [0.29, 0.717) is 6.04 Å². The van der Waals surface area contributed by atoms with Crippen LogP contribution in [0.2, 0.25) is 0 Å². The van der Waals surface area contributed by atoms with Gasteiger partial charge in [-0.05, 0) is 35.7 Å². The molecule has 0 bridgehead atoms. The first kappa shape index (κ1) is 14.6. The first-order valence-electron chi connectivity index (χ1n) is 8.54. The molecule has 0 aliphatic carbocycles. The summed E-state index contributed by atoms with van der Waals surface area (Å²) < 4.78 is 0. The Bertz CT molecular complexity index is 672. The summed E-state index contributed by atoms with van der Waals surface area (Å²) in [6.45, 7) is 4.63. The standard InChI is InChI=1S/C20H25N3/c1-21(2)18-9-7-16(8-10-18)13-22-14-19(15-22)23-12-11-17-5-3-4-6-20(17)23/h3-10,19H,11-15H2,1-2H3. The van der Waals surface area contributed by atoms with Crippen molar-refractivity contribution in [3.8, 4) is 0 Å². The predicted molar refractivity (Wildman–Crippen MR) is 97.3 cm³/mol. The Kier molecular flexibility index (Phi) is 3.74. The van der Waals surface area contributed by atoms with E-state index in [1.54, 1.807) is 0 Å². The Morgan fingerprint density at radius 1 is 1.00 bits per heavy atom. The molecule has 2 aromatic rings. The molecule has 2 heterocycles. The van der Waals surface area contributed by atoms with Gasteiger partial charge in [-0.15, -0.1) is 0 Å². The molecule has 120 valence electrons. The van der Waals surface area contributed by atoms with Gasteiger partial charge < -0.3 is 9.80 Å². The molecular weight excluding hydrogens is 282 g/mol. The van der Waals surface area contributed by atoms with Gasteiger partial charge in [0.15, 0.2) is 0 Å². The minimum Gasteiger partial charge on any atom is -0.378 e. The fourth-order valence-corrected chi connectivity index (χ4v) is 3.77. The molecule has 4 rings (SSSR count). The van der Waals surface area contributed by atoms with Crippen molar-refractivity contribution in [1.29, 1.82) is 0 Å². The van der Waals surface area contributed by atoms with Crippen LogP contribution in [-0.2, 0) is 13.0 Å². The first-order valence-corrected chi connectivity index (χ1v) is 8.54. The van der Waals surface area contributed by atoms with E-state index in [2.05, 4.69) is 77.3 Å². The number of hydrogen-bond acceptors (Lipinski definition) is 3. The fraction of sp³-hybridized carbons (Fsp3) is 0.400. The molecule has 0 spiro atoms. The zero-order valence-corrected chi connectivity index (χ0v) is 14.1. The molecule has 0 saturated carbocycles. The summed E-state index contributed by atoms with van der Waals surface area (Å²) in [5.41, 5.74) is 5.66. The van der Waals surface area contributed by atoms with Crippen molar-refractivity contribution in [2.24, 2.45) is 0 Å². The van der Waals surface area contributed by atoms with Crippen LogP contribution in [0.4, 0.5) is 11.4 Å². The number of fused-ring (bicyclic) bond motifs is 1.